The van der Waals surface area contributed by atoms with E-state index in [9.17, 15) is 4.79 Å². The predicted molar refractivity (Wildman–Crippen MR) is 81.7 cm³/mol. The number of nitrogens with two attached hydrogens (primary N) is 1. The zero-order valence-electron chi connectivity index (χ0n) is 10.6. The molecule has 3 nitrogen and oxygen atoms in total. The maximum atomic E-state index is 11.6. The number of halogens is 2. The normalized spacial score (nSPS) is 12.1. The van der Waals surface area contributed by atoms with Gasteiger partial charge in [-0.3, -0.25) is 10.1 Å². The minimum atomic E-state index is -0.553. The lowest BCUT2D eigenvalue weighted by atomic mass is 10.1. The highest BCUT2D eigenvalue weighted by Gasteiger charge is 2.17. The molecule has 0 aliphatic carbocycles. The summed E-state index contributed by atoms with van der Waals surface area (Å²) >= 11 is 11.9. The fourth-order valence-electron chi connectivity index (χ4n) is 1.91. The first-order chi connectivity index (χ1) is 9.58. The van der Waals surface area contributed by atoms with Crippen LogP contribution in [0.5, 0.6) is 0 Å². The monoisotopic (exact) mass is 308 g/mol. The van der Waals surface area contributed by atoms with Gasteiger partial charge in [0.1, 0.15) is 6.04 Å². The summed E-state index contributed by atoms with van der Waals surface area (Å²) in [7, 11) is 0. The quantitative estimate of drug-likeness (QED) is 0.890. The van der Waals surface area contributed by atoms with Crippen LogP contribution in [0.3, 0.4) is 0 Å². The van der Waals surface area contributed by atoms with E-state index in [0.29, 0.717) is 16.6 Å². The Morgan fingerprint density at radius 1 is 1.15 bits per heavy atom. The Bertz CT molecular complexity index is 602. The van der Waals surface area contributed by atoms with E-state index >= 15 is 0 Å². The van der Waals surface area contributed by atoms with Crippen LogP contribution < -0.4 is 11.1 Å². The van der Waals surface area contributed by atoms with Gasteiger partial charge in [0, 0.05) is 16.6 Å². The summed E-state index contributed by atoms with van der Waals surface area (Å²) in [6.45, 7) is 0.429. The molecule has 0 aromatic heterocycles. The first-order valence-electron chi connectivity index (χ1n) is 6.09. The van der Waals surface area contributed by atoms with Crippen LogP contribution in [0, 0.1) is 0 Å². The minimum Gasteiger partial charge on any atom is -0.368 e. The molecule has 20 heavy (non-hydrogen) atoms. The van der Waals surface area contributed by atoms with Gasteiger partial charge in [0.2, 0.25) is 5.91 Å². The first-order valence-corrected chi connectivity index (χ1v) is 6.85. The lowest BCUT2D eigenvalue weighted by molar-refractivity contribution is -0.120. The summed E-state index contributed by atoms with van der Waals surface area (Å²) in [5.41, 5.74) is 7.12. The van der Waals surface area contributed by atoms with Gasteiger partial charge in [-0.1, -0.05) is 59.6 Å². The lowest BCUT2D eigenvalue weighted by Gasteiger charge is -2.16. The predicted octanol–water partition coefficient (Wildman–Crippen LogP) is 3.31. The largest absolute Gasteiger partial charge is 0.368 e. The molecule has 2 aromatic rings. The van der Waals surface area contributed by atoms with Crippen LogP contribution in [0.1, 0.15) is 17.2 Å². The molecule has 1 amide bonds. The van der Waals surface area contributed by atoms with E-state index in [-0.39, 0.29) is 0 Å². The van der Waals surface area contributed by atoms with E-state index in [1.807, 2.05) is 36.4 Å². The topological polar surface area (TPSA) is 55.1 Å². The summed E-state index contributed by atoms with van der Waals surface area (Å²) in [5.74, 6) is -0.429. The average molecular weight is 309 g/mol. The molecular weight excluding hydrogens is 295 g/mol. The maximum absolute atomic E-state index is 11.6. The number of hydrogen-bond donors (Lipinski definition) is 2. The van der Waals surface area contributed by atoms with Crippen molar-refractivity contribution >= 4 is 29.1 Å². The Morgan fingerprint density at radius 3 is 2.45 bits per heavy atom. The number of hydrogen-bond acceptors (Lipinski definition) is 2. The van der Waals surface area contributed by atoms with Crippen LogP contribution in [0.15, 0.2) is 48.5 Å². The lowest BCUT2D eigenvalue weighted by Crippen LogP contribution is -2.33. The summed E-state index contributed by atoms with van der Waals surface area (Å²) in [6.07, 6.45) is 0. The highest BCUT2D eigenvalue weighted by molar-refractivity contribution is 6.35. The number of carbonyl (C=O) groups excluding carboxylic acids is 1. The molecule has 0 radical (unpaired) electrons. The Balaban J connectivity index is 2.12. The number of benzene rings is 2. The van der Waals surface area contributed by atoms with Gasteiger partial charge in [0.15, 0.2) is 0 Å². The van der Waals surface area contributed by atoms with Crippen LogP contribution in [-0.4, -0.2) is 5.91 Å². The number of amides is 1. The van der Waals surface area contributed by atoms with Gasteiger partial charge in [0.25, 0.3) is 0 Å². The SMILES string of the molecule is NC(=O)C(NCc1ccc(Cl)cc1Cl)c1ccccc1. The molecule has 0 bridgehead atoms. The molecule has 3 N–H and O–H groups in total. The third-order valence-corrected chi connectivity index (χ3v) is 3.52. The molecule has 2 aromatic carbocycles. The van der Waals surface area contributed by atoms with Crippen molar-refractivity contribution in [2.24, 2.45) is 5.73 Å². The average Bonchev–Trinajstić information content (AvgIpc) is 2.42. The van der Waals surface area contributed by atoms with Crippen LogP contribution in [0.2, 0.25) is 10.0 Å². The molecular formula is C15H14Cl2N2O. The van der Waals surface area contributed by atoms with Gasteiger partial charge in [-0.2, -0.15) is 0 Å². The van der Waals surface area contributed by atoms with Crippen LogP contribution in [0.25, 0.3) is 0 Å². The zero-order chi connectivity index (χ0) is 14.5. The number of primary amides is 1. The van der Waals surface area contributed by atoms with Crippen molar-refractivity contribution in [1.82, 2.24) is 5.32 Å². The highest BCUT2D eigenvalue weighted by Crippen LogP contribution is 2.22. The van der Waals surface area contributed by atoms with Crippen LogP contribution in [0.4, 0.5) is 0 Å². The second kappa shape index (κ2) is 6.75. The standard InChI is InChI=1S/C15H14Cl2N2O/c16-12-7-6-11(13(17)8-12)9-19-14(15(18)20)10-4-2-1-3-5-10/h1-8,14,19H,9H2,(H2,18,20). The minimum absolute atomic E-state index is 0.429. The first kappa shape index (κ1) is 14.9. The molecule has 0 heterocycles. The fraction of sp³-hybridized carbons (Fsp3) is 0.133. The van der Waals surface area contributed by atoms with E-state index < -0.39 is 11.9 Å². The summed E-state index contributed by atoms with van der Waals surface area (Å²) in [6, 6.07) is 14.0. The zero-order valence-corrected chi connectivity index (χ0v) is 12.2. The number of carbonyl (C=O) groups is 1. The molecule has 0 saturated carbocycles. The van der Waals surface area contributed by atoms with Gasteiger partial charge in [0.05, 0.1) is 0 Å². The summed E-state index contributed by atoms with van der Waals surface area (Å²) in [4.78, 5) is 11.6. The molecule has 1 unspecified atom stereocenters. The highest BCUT2D eigenvalue weighted by atomic mass is 35.5. The van der Waals surface area contributed by atoms with Gasteiger partial charge in [-0.15, -0.1) is 0 Å². The molecule has 5 heteroatoms. The molecule has 104 valence electrons. The number of rotatable bonds is 5. The van der Waals surface area contributed by atoms with E-state index in [1.54, 1.807) is 12.1 Å². The second-order valence-electron chi connectivity index (χ2n) is 4.36. The van der Waals surface area contributed by atoms with Crippen molar-refractivity contribution in [2.45, 2.75) is 12.6 Å². The molecule has 0 aliphatic rings. The van der Waals surface area contributed by atoms with Crippen molar-refractivity contribution in [2.75, 3.05) is 0 Å². The summed E-state index contributed by atoms with van der Waals surface area (Å²) in [5, 5.41) is 4.24. The molecule has 0 fully saturated rings. The molecule has 0 aliphatic heterocycles. The molecule has 0 spiro atoms. The van der Waals surface area contributed by atoms with E-state index in [0.717, 1.165) is 11.1 Å². The Labute approximate surface area is 127 Å². The van der Waals surface area contributed by atoms with Crippen molar-refractivity contribution < 1.29 is 4.79 Å². The fourth-order valence-corrected chi connectivity index (χ4v) is 2.38. The van der Waals surface area contributed by atoms with Gasteiger partial charge in [-0.05, 0) is 23.3 Å². The Kier molecular flexibility index (Phi) is 5.01. The van der Waals surface area contributed by atoms with Gasteiger partial charge in [-0.25, -0.2) is 0 Å². The van der Waals surface area contributed by atoms with Crippen molar-refractivity contribution in [3.8, 4) is 0 Å². The van der Waals surface area contributed by atoms with Gasteiger partial charge < -0.3 is 5.73 Å². The van der Waals surface area contributed by atoms with E-state index in [1.165, 1.54) is 0 Å². The maximum Gasteiger partial charge on any atom is 0.239 e. The Hall–Kier alpha value is -1.55. The van der Waals surface area contributed by atoms with Crippen molar-refractivity contribution in [1.29, 1.82) is 0 Å². The second-order valence-corrected chi connectivity index (χ2v) is 5.21. The number of nitrogens with one attached hydrogen (secondary N) is 1. The molecule has 0 saturated heterocycles. The van der Waals surface area contributed by atoms with E-state index in [4.69, 9.17) is 28.9 Å². The molecule has 2 rings (SSSR count). The van der Waals surface area contributed by atoms with Crippen LogP contribution in [-0.2, 0) is 11.3 Å². The summed E-state index contributed by atoms with van der Waals surface area (Å²) < 4.78 is 0. The Morgan fingerprint density at radius 2 is 1.85 bits per heavy atom. The van der Waals surface area contributed by atoms with Gasteiger partial charge >= 0.3 is 0 Å². The van der Waals surface area contributed by atoms with Crippen molar-refractivity contribution in [3.05, 3.63) is 69.7 Å². The van der Waals surface area contributed by atoms with Crippen LogP contribution >= 0.6 is 23.2 Å². The smallest absolute Gasteiger partial charge is 0.239 e. The molecule has 1 atom stereocenters. The van der Waals surface area contributed by atoms with E-state index in [2.05, 4.69) is 5.32 Å². The third kappa shape index (κ3) is 3.73. The van der Waals surface area contributed by atoms with Crippen molar-refractivity contribution in [3.63, 3.8) is 0 Å². The third-order valence-electron chi connectivity index (χ3n) is 2.93.